The molecule has 29 heavy (non-hydrogen) atoms. The van der Waals surface area contributed by atoms with Crippen LogP contribution < -0.4 is 0 Å². The van der Waals surface area contributed by atoms with E-state index in [-0.39, 0.29) is 11.3 Å². The molecule has 5 nitrogen and oxygen atoms in total. The number of imidazole rings is 1. The highest BCUT2D eigenvalue weighted by Gasteiger charge is 2.28. The SMILES string of the molecule is O=C(Cl)CCCCO/N=C(\C1CCCCC1)C(Cc1ccccc1)n1ccnc1. The number of aromatic nitrogens is 2. The first-order valence-corrected chi connectivity index (χ1v) is 11.0. The van der Waals surface area contributed by atoms with Gasteiger partial charge in [0.05, 0.1) is 18.1 Å². The zero-order valence-electron chi connectivity index (χ0n) is 16.9. The summed E-state index contributed by atoms with van der Waals surface area (Å²) in [4.78, 5) is 20.9. The van der Waals surface area contributed by atoms with Gasteiger partial charge in [-0.25, -0.2) is 4.98 Å². The summed E-state index contributed by atoms with van der Waals surface area (Å²) in [7, 11) is 0. The maximum atomic E-state index is 10.9. The predicted molar refractivity (Wildman–Crippen MR) is 116 cm³/mol. The van der Waals surface area contributed by atoms with E-state index in [1.807, 2.05) is 24.8 Å². The van der Waals surface area contributed by atoms with E-state index in [9.17, 15) is 4.79 Å². The first kappa shape index (κ1) is 21.6. The summed E-state index contributed by atoms with van der Waals surface area (Å²) in [5.41, 5.74) is 2.38. The van der Waals surface area contributed by atoms with Crippen LogP contribution in [0.5, 0.6) is 0 Å². The van der Waals surface area contributed by atoms with Gasteiger partial charge in [0.2, 0.25) is 5.24 Å². The second-order valence-corrected chi connectivity index (χ2v) is 8.13. The lowest BCUT2D eigenvalue weighted by molar-refractivity contribution is -0.111. The molecule has 0 radical (unpaired) electrons. The van der Waals surface area contributed by atoms with Crippen molar-refractivity contribution in [2.75, 3.05) is 6.61 Å². The number of carbonyl (C=O) groups excluding carboxylic acids is 1. The average Bonchev–Trinajstić information content (AvgIpc) is 3.28. The molecule has 3 rings (SSSR count). The molecule has 1 atom stereocenters. The van der Waals surface area contributed by atoms with Crippen LogP contribution in [-0.2, 0) is 16.1 Å². The van der Waals surface area contributed by atoms with Gasteiger partial charge in [-0.05, 0) is 49.3 Å². The van der Waals surface area contributed by atoms with Crippen LogP contribution in [0, 0.1) is 5.92 Å². The lowest BCUT2D eigenvalue weighted by Crippen LogP contribution is -2.29. The maximum absolute atomic E-state index is 10.9. The molecule has 0 spiro atoms. The number of benzene rings is 1. The average molecular weight is 416 g/mol. The fourth-order valence-corrected chi connectivity index (χ4v) is 4.14. The third-order valence-corrected chi connectivity index (χ3v) is 5.74. The van der Waals surface area contributed by atoms with E-state index >= 15 is 0 Å². The molecule has 1 aliphatic carbocycles. The van der Waals surface area contributed by atoms with E-state index in [2.05, 4.69) is 39.0 Å². The summed E-state index contributed by atoms with van der Waals surface area (Å²) in [5, 5.41) is 4.37. The van der Waals surface area contributed by atoms with Gasteiger partial charge in [0.15, 0.2) is 0 Å². The van der Waals surface area contributed by atoms with Crippen LogP contribution in [0.3, 0.4) is 0 Å². The van der Waals surface area contributed by atoms with Gasteiger partial charge >= 0.3 is 0 Å². The molecular weight excluding hydrogens is 386 g/mol. The second kappa shape index (κ2) is 11.8. The quantitative estimate of drug-likeness (QED) is 0.209. The Labute approximate surface area is 178 Å². The van der Waals surface area contributed by atoms with Crippen molar-refractivity contribution in [1.29, 1.82) is 0 Å². The third kappa shape index (κ3) is 7.00. The number of hydrogen-bond donors (Lipinski definition) is 0. The summed E-state index contributed by atoms with van der Waals surface area (Å²) in [6.45, 7) is 0.502. The van der Waals surface area contributed by atoms with E-state index in [4.69, 9.17) is 16.4 Å². The Hall–Kier alpha value is -2.14. The molecule has 1 aliphatic rings. The van der Waals surface area contributed by atoms with Gasteiger partial charge in [-0.15, -0.1) is 0 Å². The van der Waals surface area contributed by atoms with Crippen LogP contribution in [0.25, 0.3) is 0 Å². The van der Waals surface area contributed by atoms with Crippen molar-refractivity contribution < 1.29 is 9.63 Å². The van der Waals surface area contributed by atoms with Crippen LogP contribution in [-0.4, -0.2) is 27.1 Å². The van der Waals surface area contributed by atoms with Gasteiger partial charge in [0.25, 0.3) is 0 Å². The summed E-state index contributed by atoms with van der Waals surface area (Å²) in [6, 6.07) is 10.6. The Kier molecular flexibility index (Phi) is 8.75. The molecule has 2 aromatic rings. The predicted octanol–water partition coefficient (Wildman–Crippen LogP) is 5.56. The lowest BCUT2D eigenvalue weighted by Gasteiger charge is -2.29. The summed E-state index contributed by atoms with van der Waals surface area (Å²) < 4.78 is 2.15. The number of oxime groups is 1. The van der Waals surface area contributed by atoms with Gasteiger partial charge in [0, 0.05) is 24.7 Å². The van der Waals surface area contributed by atoms with Crippen molar-refractivity contribution in [3.63, 3.8) is 0 Å². The Morgan fingerprint density at radius 3 is 2.69 bits per heavy atom. The van der Waals surface area contributed by atoms with Crippen LogP contribution in [0.4, 0.5) is 0 Å². The van der Waals surface area contributed by atoms with E-state index in [1.165, 1.54) is 24.8 Å². The van der Waals surface area contributed by atoms with E-state index in [1.54, 1.807) is 0 Å². The molecule has 156 valence electrons. The summed E-state index contributed by atoms with van der Waals surface area (Å²) in [6.07, 6.45) is 14.5. The minimum Gasteiger partial charge on any atom is -0.396 e. The standard InChI is InChI=1S/C23H30ClN3O2/c24-22(28)13-7-8-16-29-26-23(20-11-5-2-6-12-20)21(27-15-14-25-18-27)17-19-9-3-1-4-10-19/h1,3-4,9-10,14-15,18,20-21H,2,5-8,11-13,16-17H2/b26-23+. The summed E-state index contributed by atoms with van der Waals surface area (Å²) in [5.74, 6) is 0.435. The molecule has 0 N–H and O–H groups in total. The van der Waals surface area contributed by atoms with Gasteiger partial charge in [-0.1, -0.05) is 54.8 Å². The van der Waals surface area contributed by atoms with Crippen LogP contribution in [0.1, 0.15) is 63.0 Å². The minimum atomic E-state index is -0.292. The van der Waals surface area contributed by atoms with E-state index in [0.29, 0.717) is 18.9 Å². The molecular formula is C23H30ClN3O2. The van der Waals surface area contributed by atoms with Gasteiger partial charge in [-0.3, -0.25) is 4.79 Å². The number of hydrogen-bond acceptors (Lipinski definition) is 4. The van der Waals surface area contributed by atoms with Gasteiger partial charge < -0.3 is 9.40 Å². The fraction of sp³-hybridized carbons (Fsp3) is 0.522. The Bertz CT molecular complexity index is 756. The zero-order valence-corrected chi connectivity index (χ0v) is 17.6. The van der Waals surface area contributed by atoms with E-state index in [0.717, 1.165) is 37.8 Å². The smallest absolute Gasteiger partial charge is 0.221 e. The Balaban J connectivity index is 1.76. The first-order chi connectivity index (χ1) is 14.2. The maximum Gasteiger partial charge on any atom is 0.221 e. The fourth-order valence-electron chi connectivity index (χ4n) is 4.01. The van der Waals surface area contributed by atoms with Crippen molar-refractivity contribution in [3.8, 4) is 0 Å². The number of unbranched alkanes of at least 4 members (excludes halogenated alkanes) is 1. The highest BCUT2D eigenvalue weighted by Crippen LogP contribution is 2.31. The van der Waals surface area contributed by atoms with Crippen LogP contribution in [0.15, 0.2) is 54.2 Å². The molecule has 1 aromatic carbocycles. The molecule has 1 fully saturated rings. The first-order valence-electron chi connectivity index (χ1n) is 10.6. The van der Waals surface area contributed by atoms with E-state index < -0.39 is 0 Å². The van der Waals surface area contributed by atoms with Crippen LogP contribution >= 0.6 is 11.6 Å². The highest BCUT2D eigenvalue weighted by atomic mass is 35.5. The molecule has 0 aliphatic heterocycles. The van der Waals surface area contributed by atoms with Crippen molar-refractivity contribution in [2.24, 2.45) is 11.1 Å². The molecule has 0 amide bonds. The topological polar surface area (TPSA) is 56.5 Å². The largest absolute Gasteiger partial charge is 0.396 e. The lowest BCUT2D eigenvalue weighted by atomic mass is 9.82. The molecule has 0 bridgehead atoms. The third-order valence-electron chi connectivity index (χ3n) is 5.55. The number of halogens is 1. The van der Waals surface area contributed by atoms with Crippen molar-refractivity contribution in [3.05, 3.63) is 54.6 Å². The number of rotatable bonds is 11. The van der Waals surface area contributed by atoms with Crippen LogP contribution in [0.2, 0.25) is 0 Å². The minimum absolute atomic E-state index is 0.0902. The molecule has 1 unspecified atom stereocenters. The number of nitrogens with zero attached hydrogens (tertiary/aromatic N) is 3. The zero-order chi connectivity index (χ0) is 20.3. The van der Waals surface area contributed by atoms with Gasteiger partial charge in [0.1, 0.15) is 6.61 Å². The van der Waals surface area contributed by atoms with Gasteiger partial charge in [-0.2, -0.15) is 0 Å². The molecule has 0 saturated heterocycles. The van der Waals surface area contributed by atoms with Crippen molar-refractivity contribution in [1.82, 2.24) is 9.55 Å². The summed E-state index contributed by atoms with van der Waals surface area (Å²) >= 11 is 5.40. The van der Waals surface area contributed by atoms with Crippen molar-refractivity contribution in [2.45, 2.75) is 63.8 Å². The number of carbonyl (C=O) groups is 1. The molecule has 6 heteroatoms. The molecule has 1 aromatic heterocycles. The second-order valence-electron chi connectivity index (χ2n) is 7.71. The molecule has 1 saturated carbocycles. The molecule has 1 heterocycles. The van der Waals surface area contributed by atoms with Crippen molar-refractivity contribution >= 4 is 22.6 Å². The Morgan fingerprint density at radius 2 is 2.00 bits per heavy atom. The normalized spacial score (nSPS) is 16.5. The highest BCUT2D eigenvalue weighted by molar-refractivity contribution is 6.63. The Morgan fingerprint density at radius 1 is 1.21 bits per heavy atom. The monoisotopic (exact) mass is 415 g/mol.